The number of likely N-dealkylation sites (N-methyl/N-ethyl adjacent to an activating group) is 1. The van der Waals surface area contributed by atoms with Crippen molar-refractivity contribution >= 4 is 0 Å². The van der Waals surface area contributed by atoms with Crippen molar-refractivity contribution in [2.75, 3.05) is 33.2 Å². The van der Waals surface area contributed by atoms with E-state index in [4.69, 9.17) is 0 Å². The zero-order chi connectivity index (χ0) is 13.1. The maximum absolute atomic E-state index is 3.82. The normalized spacial score (nSPS) is 32.5. The Labute approximate surface area is 113 Å². The van der Waals surface area contributed by atoms with Crippen LogP contribution in [0, 0.1) is 5.92 Å². The first-order chi connectivity index (χ1) is 8.58. The molecule has 18 heavy (non-hydrogen) atoms. The fourth-order valence-electron chi connectivity index (χ4n) is 3.49. The lowest BCUT2D eigenvalue weighted by molar-refractivity contribution is 0.182. The molecule has 0 aromatic heterocycles. The smallest absolute Gasteiger partial charge is 0.0243 e. The van der Waals surface area contributed by atoms with Gasteiger partial charge in [-0.1, -0.05) is 13.8 Å². The molecule has 0 amide bonds. The van der Waals surface area contributed by atoms with Crippen molar-refractivity contribution in [1.29, 1.82) is 0 Å². The zero-order valence-electron chi connectivity index (χ0n) is 12.7. The van der Waals surface area contributed by atoms with Gasteiger partial charge in [0.25, 0.3) is 0 Å². The SMILES string of the molecule is CC(C)C(CNC1CC(C)N(C)C1)N1CCCC1. The van der Waals surface area contributed by atoms with E-state index in [1.54, 1.807) is 0 Å². The number of likely N-dealkylation sites (tertiary alicyclic amines) is 2. The second-order valence-corrected chi connectivity index (χ2v) is 6.68. The third kappa shape index (κ3) is 3.46. The van der Waals surface area contributed by atoms with Crippen LogP contribution in [0.2, 0.25) is 0 Å². The van der Waals surface area contributed by atoms with E-state index < -0.39 is 0 Å². The van der Waals surface area contributed by atoms with Gasteiger partial charge in [-0.3, -0.25) is 4.90 Å². The van der Waals surface area contributed by atoms with Gasteiger partial charge in [0.2, 0.25) is 0 Å². The highest BCUT2D eigenvalue weighted by molar-refractivity contribution is 4.88. The Bertz CT molecular complexity index is 238. The van der Waals surface area contributed by atoms with Crippen LogP contribution in [0.15, 0.2) is 0 Å². The number of hydrogen-bond acceptors (Lipinski definition) is 3. The average molecular weight is 253 g/mol. The molecule has 106 valence electrons. The molecule has 0 aliphatic carbocycles. The molecular formula is C15H31N3. The van der Waals surface area contributed by atoms with Crippen molar-refractivity contribution in [2.45, 2.75) is 58.2 Å². The Morgan fingerprint density at radius 3 is 2.39 bits per heavy atom. The maximum atomic E-state index is 3.82. The van der Waals surface area contributed by atoms with Crippen LogP contribution in [0.3, 0.4) is 0 Å². The first kappa shape index (κ1) is 14.3. The van der Waals surface area contributed by atoms with E-state index in [0.717, 1.165) is 18.0 Å². The molecule has 2 heterocycles. The van der Waals surface area contributed by atoms with Crippen LogP contribution in [0.4, 0.5) is 0 Å². The maximum Gasteiger partial charge on any atom is 0.0243 e. The summed E-state index contributed by atoms with van der Waals surface area (Å²) >= 11 is 0. The van der Waals surface area contributed by atoms with Crippen molar-refractivity contribution in [1.82, 2.24) is 15.1 Å². The molecule has 3 heteroatoms. The summed E-state index contributed by atoms with van der Waals surface area (Å²) in [7, 11) is 2.24. The summed E-state index contributed by atoms with van der Waals surface area (Å²) in [6.45, 7) is 12.1. The standard InChI is InChI=1S/C15H31N3/c1-12(2)15(18-7-5-6-8-18)10-16-14-9-13(3)17(4)11-14/h12-16H,5-11H2,1-4H3. The zero-order valence-corrected chi connectivity index (χ0v) is 12.7. The molecule has 3 nitrogen and oxygen atoms in total. The molecule has 0 bridgehead atoms. The van der Waals surface area contributed by atoms with Crippen LogP contribution < -0.4 is 5.32 Å². The van der Waals surface area contributed by atoms with Gasteiger partial charge in [0.15, 0.2) is 0 Å². The van der Waals surface area contributed by atoms with E-state index in [1.165, 1.54) is 45.4 Å². The largest absolute Gasteiger partial charge is 0.311 e. The summed E-state index contributed by atoms with van der Waals surface area (Å²) in [4.78, 5) is 5.16. The minimum Gasteiger partial charge on any atom is -0.311 e. The van der Waals surface area contributed by atoms with E-state index in [9.17, 15) is 0 Å². The number of nitrogens with zero attached hydrogens (tertiary/aromatic N) is 2. The first-order valence-corrected chi connectivity index (χ1v) is 7.75. The lowest BCUT2D eigenvalue weighted by Crippen LogP contribution is -2.47. The Kier molecular flexibility index (Phi) is 5.05. The molecule has 0 saturated carbocycles. The third-order valence-corrected chi connectivity index (χ3v) is 4.88. The number of hydrogen-bond donors (Lipinski definition) is 1. The molecule has 0 spiro atoms. The van der Waals surface area contributed by atoms with Crippen molar-refractivity contribution in [2.24, 2.45) is 5.92 Å². The summed E-state index contributed by atoms with van der Waals surface area (Å²) < 4.78 is 0. The molecule has 3 atom stereocenters. The van der Waals surface area contributed by atoms with Crippen molar-refractivity contribution in [3.63, 3.8) is 0 Å². The predicted octanol–water partition coefficient (Wildman–Crippen LogP) is 1.79. The van der Waals surface area contributed by atoms with Gasteiger partial charge in [0, 0.05) is 31.2 Å². The first-order valence-electron chi connectivity index (χ1n) is 7.75. The monoisotopic (exact) mass is 253 g/mol. The van der Waals surface area contributed by atoms with Gasteiger partial charge in [-0.05, 0) is 52.2 Å². The van der Waals surface area contributed by atoms with Crippen LogP contribution in [0.1, 0.15) is 40.0 Å². The van der Waals surface area contributed by atoms with Gasteiger partial charge >= 0.3 is 0 Å². The van der Waals surface area contributed by atoms with Gasteiger partial charge in [0.1, 0.15) is 0 Å². The van der Waals surface area contributed by atoms with Gasteiger partial charge in [-0.2, -0.15) is 0 Å². The minimum absolute atomic E-state index is 0.703. The van der Waals surface area contributed by atoms with Crippen molar-refractivity contribution in [3.05, 3.63) is 0 Å². The molecule has 2 fully saturated rings. The highest BCUT2D eigenvalue weighted by Crippen LogP contribution is 2.19. The fourth-order valence-corrected chi connectivity index (χ4v) is 3.49. The van der Waals surface area contributed by atoms with E-state index in [-0.39, 0.29) is 0 Å². The molecule has 1 N–H and O–H groups in total. The van der Waals surface area contributed by atoms with E-state index >= 15 is 0 Å². The van der Waals surface area contributed by atoms with Gasteiger partial charge in [-0.15, -0.1) is 0 Å². The summed E-state index contributed by atoms with van der Waals surface area (Å²) in [5.74, 6) is 0.757. The van der Waals surface area contributed by atoms with Gasteiger partial charge < -0.3 is 10.2 Å². The highest BCUT2D eigenvalue weighted by atomic mass is 15.2. The lowest BCUT2D eigenvalue weighted by Gasteiger charge is -2.32. The van der Waals surface area contributed by atoms with Crippen LogP contribution in [0.5, 0.6) is 0 Å². The number of rotatable bonds is 5. The molecule has 2 aliphatic heterocycles. The van der Waals surface area contributed by atoms with E-state index in [2.05, 4.69) is 42.9 Å². The van der Waals surface area contributed by atoms with Crippen LogP contribution in [0.25, 0.3) is 0 Å². The van der Waals surface area contributed by atoms with E-state index in [1.807, 2.05) is 0 Å². The Balaban J connectivity index is 1.79. The number of nitrogens with one attached hydrogen (secondary N) is 1. The summed E-state index contributed by atoms with van der Waals surface area (Å²) in [6, 6.07) is 2.18. The Morgan fingerprint density at radius 1 is 1.22 bits per heavy atom. The molecule has 0 radical (unpaired) electrons. The minimum atomic E-state index is 0.703. The molecular weight excluding hydrogens is 222 g/mol. The molecule has 2 aliphatic rings. The molecule has 2 saturated heterocycles. The summed E-state index contributed by atoms with van der Waals surface area (Å²) in [5.41, 5.74) is 0. The molecule has 0 aromatic rings. The van der Waals surface area contributed by atoms with Crippen LogP contribution in [-0.2, 0) is 0 Å². The second-order valence-electron chi connectivity index (χ2n) is 6.68. The van der Waals surface area contributed by atoms with Crippen LogP contribution in [-0.4, -0.2) is 61.2 Å². The van der Waals surface area contributed by atoms with Gasteiger partial charge in [0.05, 0.1) is 0 Å². The fraction of sp³-hybridized carbons (Fsp3) is 1.00. The average Bonchev–Trinajstić information content (AvgIpc) is 2.90. The highest BCUT2D eigenvalue weighted by Gasteiger charge is 2.29. The van der Waals surface area contributed by atoms with Crippen molar-refractivity contribution < 1.29 is 0 Å². The Hall–Kier alpha value is -0.120. The predicted molar refractivity (Wildman–Crippen MR) is 77.9 cm³/mol. The summed E-state index contributed by atoms with van der Waals surface area (Å²) in [5, 5.41) is 3.82. The third-order valence-electron chi connectivity index (χ3n) is 4.88. The summed E-state index contributed by atoms with van der Waals surface area (Å²) in [6.07, 6.45) is 4.10. The van der Waals surface area contributed by atoms with Crippen molar-refractivity contribution in [3.8, 4) is 0 Å². The Morgan fingerprint density at radius 2 is 1.89 bits per heavy atom. The lowest BCUT2D eigenvalue weighted by atomic mass is 10.0. The quantitative estimate of drug-likeness (QED) is 0.806. The van der Waals surface area contributed by atoms with Gasteiger partial charge in [-0.25, -0.2) is 0 Å². The van der Waals surface area contributed by atoms with Crippen LogP contribution >= 0.6 is 0 Å². The second kappa shape index (κ2) is 6.36. The molecule has 3 unspecified atom stereocenters. The van der Waals surface area contributed by atoms with E-state index in [0.29, 0.717) is 6.04 Å². The molecule has 0 aromatic carbocycles. The topological polar surface area (TPSA) is 18.5 Å². The molecule has 2 rings (SSSR count).